The third-order valence-electron chi connectivity index (χ3n) is 4.56. The lowest BCUT2D eigenvalue weighted by atomic mass is 10.1. The van der Waals surface area contributed by atoms with E-state index in [2.05, 4.69) is 24.1 Å². The highest BCUT2D eigenvalue weighted by molar-refractivity contribution is 5.98. The maximum atomic E-state index is 13.0. The number of hydrogen-bond donors (Lipinski definition) is 1. The molecule has 0 aliphatic carbocycles. The van der Waals surface area contributed by atoms with E-state index in [-0.39, 0.29) is 11.8 Å². The highest BCUT2D eigenvalue weighted by Crippen LogP contribution is 2.19. The van der Waals surface area contributed by atoms with Gasteiger partial charge in [-0.25, -0.2) is 0 Å². The molecule has 1 aromatic rings. The van der Waals surface area contributed by atoms with Crippen molar-refractivity contribution in [2.75, 3.05) is 45.7 Å². The maximum Gasteiger partial charge on any atom is 0.254 e. The maximum absolute atomic E-state index is 13.0. The van der Waals surface area contributed by atoms with E-state index in [9.17, 15) is 9.59 Å². The van der Waals surface area contributed by atoms with E-state index in [1.54, 1.807) is 11.9 Å². The van der Waals surface area contributed by atoms with E-state index >= 15 is 0 Å². The Morgan fingerprint density at radius 1 is 1.25 bits per heavy atom. The van der Waals surface area contributed by atoms with E-state index in [1.807, 2.05) is 43.3 Å². The van der Waals surface area contributed by atoms with Crippen LogP contribution in [0.2, 0.25) is 0 Å². The average Bonchev–Trinajstić information content (AvgIpc) is 2.59. The predicted octanol–water partition coefficient (Wildman–Crippen LogP) is 1.03. The van der Waals surface area contributed by atoms with Crippen molar-refractivity contribution < 1.29 is 9.59 Å². The van der Waals surface area contributed by atoms with Crippen molar-refractivity contribution in [1.29, 1.82) is 0 Å². The molecule has 1 aliphatic heterocycles. The van der Waals surface area contributed by atoms with Crippen LogP contribution in [-0.4, -0.2) is 74.5 Å². The first-order chi connectivity index (χ1) is 11.3. The molecule has 2 rings (SSSR count). The number of carbonyl (C=O) groups excluding carboxylic acids is 2. The number of carbonyl (C=O) groups is 2. The Labute approximate surface area is 144 Å². The highest BCUT2D eigenvalue weighted by Gasteiger charge is 2.36. The van der Waals surface area contributed by atoms with Crippen molar-refractivity contribution in [1.82, 2.24) is 15.1 Å². The summed E-state index contributed by atoms with van der Waals surface area (Å²) in [5.74, 6) is -0.201. The summed E-state index contributed by atoms with van der Waals surface area (Å²) >= 11 is 0. The van der Waals surface area contributed by atoms with Gasteiger partial charge >= 0.3 is 0 Å². The van der Waals surface area contributed by atoms with Crippen LogP contribution < -0.4 is 10.2 Å². The first-order valence-corrected chi connectivity index (χ1v) is 8.39. The fourth-order valence-electron chi connectivity index (χ4n) is 2.99. The molecule has 0 spiro atoms. The first-order valence-electron chi connectivity index (χ1n) is 8.39. The summed E-state index contributed by atoms with van der Waals surface area (Å²) in [5, 5.41) is 2.69. The molecule has 132 valence electrons. The van der Waals surface area contributed by atoms with Gasteiger partial charge < -0.3 is 15.1 Å². The van der Waals surface area contributed by atoms with Crippen LogP contribution in [0.3, 0.4) is 0 Å². The van der Waals surface area contributed by atoms with Crippen LogP contribution in [0.15, 0.2) is 24.3 Å². The number of anilines is 1. The fourth-order valence-corrected chi connectivity index (χ4v) is 2.99. The Bertz CT molecular complexity index is 600. The Morgan fingerprint density at radius 2 is 1.96 bits per heavy atom. The lowest BCUT2D eigenvalue weighted by Gasteiger charge is -2.42. The molecule has 1 atom stereocenters. The van der Waals surface area contributed by atoms with Gasteiger partial charge in [-0.05, 0) is 32.0 Å². The standard InChI is InChI=1S/C18H28N4O2/c1-13(2)21-9-10-22(16(12-21)17(23)19-3)18(24)14-7-6-8-15(11-14)20(4)5/h6-8,11,13,16H,9-10,12H2,1-5H3,(H,19,23). The molecule has 1 aromatic carbocycles. The van der Waals surface area contributed by atoms with Crippen molar-refractivity contribution >= 4 is 17.5 Å². The molecule has 6 nitrogen and oxygen atoms in total. The molecule has 1 saturated heterocycles. The van der Waals surface area contributed by atoms with E-state index in [4.69, 9.17) is 0 Å². The monoisotopic (exact) mass is 332 g/mol. The summed E-state index contributed by atoms with van der Waals surface area (Å²) in [6, 6.07) is 7.42. The number of benzene rings is 1. The Balaban J connectivity index is 2.26. The average molecular weight is 332 g/mol. The van der Waals surface area contributed by atoms with Crippen LogP contribution >= 0.6 is 0 Å². The minimum absolute atomic E-state index is 0.0873. The number of amides is 2. The van der Waals surface area contributed by atoms with Gasteiger partial charge in [0.15, 0.2) is 0 Å². The number of hydrogen-bond acceptors (Lipinski definition) is 4. The van der Waals surface area contributed by atoms with Gasteiger partial charge in [0.2, 0.25) is 5.91 Å². The smallest absolute Gasteiger partial charge is 0.254 e. The zero-order valence-corrected chi connectivity index (χ0v) is 15.2. The molecule has 0 aromatic heterocycles. The molecular weight excluding hydrogens is 304 g/mol. The SMILES string of the molecule is CNC(=O)C1CN(C(C)C)CCN1C(=O)c1cccc(N(C)C)c1. The molecule has 1 heterocycles. The number of nitrogens with zero attached hydrogens (tertiary/aromatic N) is 3. The van der Waals surface area contributed by atoms with Crippen molar-refractivity contribution in [2.24, 2.45) is 0 Å². The second-order valence-electron chi connectivity index (χ2n) is 6.66. The van der Waals surface area contributed by atoms with Crippen molar-refractivity contribution in [3.05, 3.63) is 29.8 Å². The van der Waals surface area contributed by atoms with Crippen LogP contribution in [0.5, 0.6) is 0 Å². The van der Waals surface area contributed by atoms with Gasteiger partial charge in [0.05, 0.1) is 0 Å². The van der Waals surface area contributed by atoms with Crippen LogP contribution in [0.4, 0.5) is 5.69 Å². The quantitative estimate of drug-likeness (QED) is 0.895. The summed E-state index contributed by atoms with van der Waals surface area (Å²) in [7, 11) is 5.50. The Kier molecular flexibility index (Phi) is 5.83. The zero-order chi connectivity index (χ0) is 17.9. The van der Waals surface area contributed by atoms with E-state index < -0.39 is 6.04 Å². The summed E-state index contributed by atoms with van der Waals surface area (Å²) in [6.45, 7) is 6.12. The summed E-state index contributed by atoms with van der Waals surface area (Å²) in [4.78, 5) is 31.2. The summed E-state index contributed by atoms with van der Waals surface area (Å²) in [5.41, 5.74) is 1.59. The third-order valence-corrected chi connectivity index (χ3v) is 4.56. The fraction of sp³-hybridized carbons (Fsp3) is 0.556. The molecule has 24 heavy (non-hydrogen) atoms. The molecule has 1 aliphatic rings. The molecule has 0 bridgehead atoms. The second-order valence-corrected chi connectivity index (χ2v) is 6.66. The number of nitrogens with one attached hydrogen (secondary N) is 1. The molecule has 1 N–H and O–H groups in total. The van der Waals surface area contributed by atoms with Crippen LogP contribution in [0.25, 0.3) is 0 Å². The molecule has 1 fully saturated rings. The van der Waals surface area contributed by atoms with E-state index in [1.165, 1.54) is 0 Å². The molecule has 6 heteroatoms. The minimum Gasteiger partial charge on any atom is -0.378 e. The van der Waals surface area contributed by atoms with Gasteiger partial charge in [-0.3, -0.25) is 14.5 Å². The number of piperazine rings is 1. The van der Waals surface area contributed by atoms with Crippen LogP contribution in [0, 0.1) is 0 Å². The van der Waals surface area contributed by atoms with Gasteiger partial charge in [-0.1, -0.05) is 6.07 Å². The lowest BCUT2D eigenvalue weighted by Crippen LogP contribution is -2.61. The molecule has 0 saturated carbocycles. The Morgan fingerprint density at radius 3 is 2.54 bits per heavy atom. The van der Waals surface area contributed by atoms with E-state index in [0.29, 0.717) is 24.7 Å². The van der Waals surface area contributed by atoms with Crippen molar-refractivity contribution in [3.8, 4) is 0 Å². The summed E-state index contributed by atoms with van der Waals surface area (Å²) in [6.07, 6.45) is 0. The third kappa shape index (κ3) is 3.87. The van der Waals surface area contributed by atoms with Gasteiger partial charge in [0, 0.05) is 58.1 Å². The van der Waals surface area contributed by atoms with Gasteiger partial charge in [-0.15, -0.1) is 0 Å². The Hall–Kier alpha value is -2.08. The minimum atomic E-state index is -0.457. The van der Waals surface area contributed by atoms with Crippen LogP contribution in [-0.2, 0) is 4.79 Å². The second kappa shape index (κ2) is 7.66. The number of rotatable bonds is 4. The molecule has 1 unspecified atom stereocenters. The van der Waals surface area contributed by atoms with E-state index in [0.717, 1.165) is 12.2 Å². The molecule has 2 amide bonds. The first kappa shape index (κ1) is 18.3. The topological polar surface area (TPSA) is 55.9 Å². The van der Waals surface area contributed by atoms with Crippen LogP contribution in [0.1, 0.15) is 24.2 Å². The number of likely N-dealkylation sites (N-methyl/N-ethyl adjacent to an activating group) is 1. The van der Waals surface area contributed by atoms with Gasteiger partial charge in [-0.2, -0.15) is 0 Å². The van der Waals surface area contributed by atoms with Gasteiger partial charge in [0.1, 0.15) is 6.04 Å². The van der Waals surface area contributed by atoms with Crippen molar-refractivity contribution in [3.63, 3.8) is 0 Å². The zero-order valence-electron chi connectivity index (χ0n) is 15.2. The largest absolute Gasteiger partial charge is 0.378 e. The molecular formula is C18H28N4O2. The van der Waals surface area contributed by atoms with Crippen molar-refractivity contribution in [2.45, 2.75) is 25.9 Å². The predicted molar refractivity (Wildman–Crippen MR) is 96.4 cm³/mol. The lowest BCUT2D eigenvalue weighted by molar-refractivity contribution is -0.127. The van der Waals surface area contributed by atoms with Gasteiger partial charge in [0.25, 0.3) is 5.91 Å². The normalized spacial score (nSPS) is 18.6. The molecule has 0 radical (unpaired) electrons. The summed E-state index contributed by atoms with van der Waals surface area (Å²) < 4.78 is 0. The highest BCUT2D eigenvalue weighted by atomic mass is 16.2.